The van der Waals surface area contributed by atoms with Gasteiger partial charge in [-0.25, -0.2) is 9.97 Å². The molecule has 0 saturated heterocycles. The highest BCUT2D eigenvalue weighted by molar-refractivity contribution is 7.13. The minimum absolute atomic E-state index is 0.538. The summed E-state index contributed by atoms with van der Waals surface area (Å²) in [5, 5.41) is 2.02. The lowest BCUT2D eigenvalue weighted by Crippen LogP contribution is -1.95. The Balaban J connectivity index is 1.61. The molecule has 3 nitrogen and oxygen atoms in total. The molecule has 0 unspecified atom stereocenters. The zero-order valence-electron chi connectivity index (χ0n) is 12.3. The Morgan fingerprint density at radius 3 is 2.70 bits per heavy atom. The van der Waals surface area contributed by atoms with Crippen molar-refractivity contribution in [2.45, 2.75) is 6.61 Å². The maximum Gasteiger partial charge on any atom is 0.122 e. The maximum atomic E-state index is 5.86. The van der Waals surface area contributed by atoms with Crippen LogP contribution in [-0.2, 0) is 6.61 Å². The van der Waals surface area contributed by atoms with Crippen molar-refractivity contribution in [3.05, 3.63) is 77.8 Å². The van der Waals surface area contributed by atoms with Crippen molar-refractivity contribution in [2.75, 3.05) is 0 Å². The fourth-order valence-corrected chi connectivity index (χ4v) is 2.96. The van der Waals surface area contributed by atoms with Gasteiger partial charge in [-0.2, -0.15) is 0 Å². The second-order valence-electron chi connectivity index (χ2n) is 5.09. The molecular formula is C19H13N2OS. The zero-order chi connectivity index (χ0) is 15.5. The van der Waals surface area contributed by atoms with Gasteiger partial charge in [0, 0.05) is 6.07 Å². The Labute approximate surface area is 138 Å². The third-order valence-corrected chi connectivity index (χ3v) is 4.34. The number of hydrogen-bond acceptors (Lipinski definition) is 4. The van der Waals surface area contributed by atoms with Crippen molar-refractivity contribution < 1.29 is 4.74 Å². The number of rotatable bonds is 4. The number of ether oxygens (including phenoxy) is 1. The van der Waals surface area contributed by atoms with Crippen LogP contribution in [0.2, 0.25) is 0 Å². The normalized spacial score (nSPS) is 10.8. The average Bonchev–Trinajstić information content (AvgIpc) is 3.15. The number of benzene rings is 2. The Morgan fingerprint density at radius 2 is 1.87 bits per heavy atom. The van der Waals surface area contributed by atoms with Crippen LogP contribution >= 0.6 is 11.3 Å². The molecule has 4 rings (SSSR count). The van der Waals surface area contributed by atoms with Gasteiger partial charge in [0.1, 0.15) is 24.2 Å². The van der Waals surface area contributed by atoms with Crippen LogP contribution in [-0.4, -0.2) is 9.97 Å². The van der Waals surface area contributed by atoms with Crippen molar-refractivity contribution in [3.8, 4) is 16.3 Å². The van der Waals surface area contributed by atoms with E-state index in [1.165, 1.54) is 0 Å². The van der Waals surface area contributed by atoms with Gasteiger partial charge in [-0.1, -0.05) is 36.4 Å². The van der Waals surface area contributed by atoms with Crippen molar-refractivity contribution in [1.29, 1.82) is 0 Å². The van der Waals surface area contributed by atoms with Crippen LogP contribution in [0.5, 0.6) is 5.75 Å². The van der Waals surface area contributed by atoms with Gasteiger partial charge in [0.15, 0.2) is 0 Å². The van der Waals surface area contributed by atoms with E-state index in [-0.39, 0.29) is 0 Å². The summed E-state index contributed by atoms with van der Waals surface area (Å²) in [6, 6.07) is 19.9. The Hall–Kier alpha value is -2.72. The third-order valence-electron chi connectivity index (χ3n) is 3.46. The SMILES string of the molecule is [c]1nc2ccc(OCc3ccccc3)cc2nc1-c1cccs1. The monoisotopic (exact) mass is 317 g/mol. The molecule has 2 aromatic carbocycles. The van der Waals surface area contributed by atoms with E-state index >= 15 is 0 Å². The Bertz CT molecular complexity index is 921. The molecule has 0 aliphatic heterocycles. The molecule has 23 heavy (non-hydrogen) atoms. The first-order valence-electron chi connectivity index (χ1n) is 7.28. The highest BCUT2D eigenvalue weighted by Gasteiger charge is 2.06. The fourth-order valence-electron chi connectivity index (χ4n) is 2.30. The van der Waals surface area contributed by atoms with E-state index in [1.54, 1.807) is 11.3 Å². The second-order valence-corrected chi connectivity index (χ2v) is 6.03. The van der Waals surface area contributed by atoms with Gasteiger partial charge in [0.25, 0.3) is 0 Å². The van der Waals surface area contributed by atoms with Crippen LogP contribution in [0.1, 0.15) is 5.56 Å². The highest BCUT2D eigenvalue weighted by Crippen LogP contribution is 2.25. The topological polar surface area (TPSA) is 35.0 Å². The predicted octanol–water partition coefficient (Wildman–Crippen LogP) is 4.74. The molecule has 0 N–H and O–H groups in total. The summed E-state index contributed by atoms with van der Waals surface area (Å²) in [4.78, 5) is 10.1. The first kappa shape index (κ1) is 13.9. The van der Waals surface area contributed by atoms with Crippen LogP contribution in [0.15, 0.2) is 66.0 Å². The van der Waals surface area contributed by atoms with Gasteiger partial charge in [-0.15, -0.1) is 11.3 Å². The number of thiophene rings is 1. The molecule has 0 atom stereocenters. The van der Waals surface area contributed by atoms with E-state index in [2.05, 4.69) is 16.2 Å². The standard InChI is InChI=1S/C19H13N2OS/c1-2-5-14(6-3-1)13-22-15-8-9-16-17(11-15)21-18(12-20-16)19-7-4-10-23-19/h1-11H,13H2. The van der Waals surface area contributed by atoms with Crippen LogP contribution in [0.25, 0.3) is 21.6 Å². The molecule has 4 heteroatoms. The molecule has 111 valence electrons. The van der Waals surface area contributed by atoms with E-state index in [1.807, 2.05) is 66.0 Å². The van der Waals surface area contributed by atoms with Crippen molar-refractivity contribution in [3.63, 3.8) is 0 Å². The molecule has 0 amide bonds. The number of nitrogens with zero attached hydrogens (tertiary/aromatic N) is 2. The lowest BCUT2D eigenvalue weighted by Gasteiger charge is -2.07. The van der Waals surface area contributed by atoms with Crippen molar-refractivity contribution in [1.82, 2.24) is 9.97 Å². The van der Waals surface area contributed by atoms with E-state index in [0.717, 1.165) is 32.9 Å². The lowest BCUT2D eigenvalue weighted by molar-refractivity contribution is 0.306. The summed E-state index contributed by atoms with van der Waals surface area (Å²) in [6.45, 7) is 0.538. The molecule has 2 heterocycles. The third kappa shape index (κ3) is 3.07. The molecule has 1 radical (unpaired) electrons. The van der Waals surface area contributed by atoms with Crippen molar-refractivity contribution >= 4 is 22.4 Å². The minimum Gasteiger partial charge on any atom is -0.489 e. The average molecular weight is 317 g/mol. The Kier molecular flexibility index (Phi) is 3.74. The van der Waals surface area contributed by atoms with E-state index in [0.29, 0.717) is 6.61 Å². The first-order chi connectivity index (χ1) is 11.4. The van der Waals surface area contributed by atoms with Gasteiger partial charge in [0.2, 0.25) is 0 Å². The van der Waals surface area contributed by atoms with E-state index in [4.69, 9.17) is 4.74 Å². The Morgan fingerprint density at radius 1 is 0.957 bits per heavy atom. The zero-order valence-corrected chi connectivity index (χ0v) is 13.1. The van der Waals surface area contributed by atoms with Gasteiger partial charge in [-0.3, -0.25) is 0 Å². The molecule has 0 saturated carbocycles. The molecule has 0 spiro atoms. The van der Waals surface area contributed by atoms with Crippen LogP contribution < -0.4 is 4.74 Å². The lowest BCUT2D eigenvalue weighted by atomic mass is 10.2. The smallest absolute Gasteiger partial charge is 0.122 e. The van der Waals surface area contributed by atoms with E-state index < -0.39 is 0 Å². The number of hydrogen-bond donors (Lipinski definition) is 0. The molecule has 4 aromatic rings. The summed E-state index contributed by atoms with van der Waals surface area (Å²) in [6.07, 6.45) is 3.00. The summed E-state index contributed by atoms with van der Waals surface area (Å²) < 4.78 is 5.86. The highest BCUT2D eigenvalue weighted by atomic mass is 32.1. The first-order valence-corrected chi connectivity index (χ1v) is 8.16. The van der Waals surface area contributed by atoms with Gasteiger partial charge >= 0.3 is 0 Å². The summed E-state index contributed by atoms with van der Waals surface area (Å²) in [5.41, 5.74) is 3.54. The van der Waals surface area contributed by atoms with Crippen molar-refractivity contribution in [2.24, 2.45) is 0 Å². The van der Waals surface area contributed by atoms with Gasteiger partial charge in [-0.05, 0) is 29.1 Å². The number of fused-ring (bicyclic) bond motifs is 1. The molecule has 2 aromatic heterocycles. The summed E-state index contributed by atoms with van der Waals surface area (Å²) in [5.74, 6) is 0.791. The summed E-state index contributed by atoms with van der Waals surface area (Å²) >= 11 is 1.63. The second kappa shape index (κ2) is 6.18. The fraction of sp³-hybridized carbons (Fsp3) is 0.0526. The van der Waals surface area contributed by atoms with Crippen LogP contribution in [0.4, 0.5) is 0 Å². The quantitative estimate of drug-likeness (QED) is 0.545. The van der Waals surface area contributed by atoms with Gasteiger partial charge in [0.05, 0.1) is 15.9 Å². The van der Waals surface area contributed by atoms with Crippen LogP contribution in [0, 0.1) is 6.20 Å². The minimum atomic E-state index is 0.538. The molecule has 0 bridgehead atoms. The predicted molar refractivity (Wildman–Crippen MR) is 92.5 cm³/mol. The van der Waals surface area contributed by atoms with E-state index in [9.17, 15) is 0 Å². The molecule has 0 fully saturated rings. The largest absolute Gasteiger partial charge is 0.489 e. The molecule has 0 aliphatic rings. The molecule has 0 aliphatic carbocycles. The molecular weight excluding hydrogens is 304 g/mol. The van der Waals surface area contributed by atoms with Gasteiger partial charge < -0.3 is 4.74 Å². The maximum absolute atomic E-state index is 5.86. The van der Waals surface area contributed by atoms with Crippen LogP contribution in [0.3, 0.4) is 0 Å². The number of aromatic nitrogens is 2. The summed E-state index contributed by atoms with van der Waals surface area (Å²) in [7, 11) is 0.